The fourth-order valence-corrected chi connectivity index (χ4v) is 3.56. The van der Waals surface area contributed by atoms with Gasteiger partial charge in [-0.25, -0.2) is 0 Å². The Bertz CT molecular complexity index is 580. The molecular weight excluding hydrogens is 278 g/mol. The lowest BCUT2D eigenvalue weighted by Gasteiger charge is -2.29. The molecule has 2 aromatic carbocycles. The monoisotopic (exact) mass is 298 g/mol. The van der Waals surface area contributed by atoms with Gasteiger partial charge in [0.2, 0.25) is 12.5 Å². The highest BCUT2D eigenvalue weighted by molar-refractivity contribution is 5.19. The van der Waals surface area contributed by atoms with Crippen LogP contribution >= 0.6 is 0 Å². The third-order valence-corrected chi connectivity index (χ3v) is 4.74. The number of aliphatic hydroxyl groups is 1. The van der Waals surface area contributed by atoms with Gasteiger partial charge in [0.15, 0.2) is 5.54 Å². The topological polar surface area (TPSA) is 43.1 Å². The molecule has 2 saturated heterocycles. The van der Waals surface area contributed by atoms with E-state index in [9.17, 15) is 5.11 Å². The minimum Gasteiger partial charge on any atom is -0.390 e. The Morgan fingerprint density at radius 1 is 0.864 bits per heavy atom. The number of aliphatic hydroxyl groups excluding tert-OH is 1. The first-order valence-corrected chi connectivity index (χ1v) is 7.65. The molecule has 0 aliphatic carbocycles. The number of benzene rings is 2. The van der Waals surface area contributed by atoms with Crippen LogP contribution in [-0.2, 0) is 9.47 Å². The van der Waals surface area contributed by atoms with Gasteiger partial charge in [0.1, 0.15) is 19.8 Å². The van der Waals surface area contributed by atoms with Crippen molar-refractivity contribution in [1.29, 1.82) is 0 Å². The molecule has 4 rings (SSSR count). The van der Waals surface area contributed by atoms with Crippen LogP contribution in [0, 0.1) is 0 Å². The second-order valence-electron chi connectivity index (χ2n) is 6.10. The predicted octanol–water partition coefficient (Wildman–Crippen LogP) is 1.06. The van der Waals surface area contributed by atoms with E-state index in [1.54, 1.807) is 0 Å². The van der Waals surface area contributed by atoms with Crippen molar-refractivity contribution in [2.75, 3.05) is 19.8 Å². The van der Waals surface area contributed by atoms with Crippen molar-refractivity contribution >= 4 is 0 Å². The maximum absolute atomic E-state index is 9.98. The first-order chi connectivity index (χ1) is 10.8. The zero-order valence-electron chi connectivity index (χ0n) is 12.3. The van der Waals surface area contributed by atoms with Gasteiger partial charge in [-0.2, -0.15) is 0 Å². The maximum atomic E-state index is 9.98. The zero-order chi connectivity index (χ0) is 15.0. The lowest BCUT2D eigenvalue weighted by Crippen LogP contribution is -3.17. The standard InChI is InChI=1S/C18H19NO3/c20-11-18-12-21-16(14-7-3-1-4-8-14)19(18)17(22-13-18)15-9-5-2-6-10-15/h1-10,16-17,20H,11-13H2/p+1/t16-,17-/m0/s1. The third-order valence-electron chi connectivity index (χ3n) is 4.74. The Labute approximate surface area is 129 Å². The van der Waals surface area contributed by atoms with Gasteiger partial charge in [-0.15, -0.1) is 0 Å². The quantitative estimate of drug-likeness (QED) is 0.890. The fourth-order valence-electron chi connectivity index (χ4n) is 3.56. The van der Waals surface area contributed by atoms with Crippen molar-refractivity contribution < 1.29 is 19.5 Å². The summed E-state index contributed by atoms with van der Waals surface area (Å²) >= 11 is 0. The number of nitrogens with one attached hydrogen (secondary N) is 1. The van der Waals surface area contributed by atoms with E-state index in [1.165, 1.54) is 0 Å². The van der Waals surface area contributed by atoms with Gasteiger partial charge in [-0.1, -0.05) is 60.7 Å². The number of ether oxygens (including phenoxy) is 2. The summed E-state index contributed by atoms with van der Waals surface area (Å²) in [4.78, 5) is 1.16. The van der Waals surface area contributed by atoms with E-state index in [0.29, 0.717) is 13.2 Å². The summed E-state index contributed by atoms with van der Waals surface area (Å²) < 4.78 is 12.1. The minimum absolute atomic E-state index is 0.0645. The molecule has 4 nitrogen and oxygen atoms in total. The van der Waals surface area contributed by atoms with E-state index in [4.69, 9.17) is 9.47 Å². The summed E-state index contributed by atoms with van der Waals surface area (Å²) in [6.45, 7) is 1.10. The molecule has 0 saturated carbocycles. The van der Waals surface area contributed by atoms with Crippen molar-refractivity contribution in [3.63, 3.8) is 0 Å². The Balaban J connectivity index is 1.74. The molecule has 2 aliphatic heterocycles. The molecule has 2 atom stereocenters. The van der Waals surface area contributed by atoms with Gasteiger partial charge in [0.25, 0.3) is 0 Å². The lowest BCUT2D eigenvalue weighted by atomic mass is 10.0. The largest absolute Gasteiger partial charge is 0.390 e. The van der Waals surface area contributed by atoms with Gasteiger partial charge in [0, 0.05) is 11.1 Å². The van der Waals surface area contributed by atoms with E-state index in [2.05, 4.69) is 24.3 Å². The highest BCUT2D eigenvalue weighted by atomic mass is 16.6. The predicted molar refractivity (Wildman–Crippen MR) is 81.0 cm³/mol. The van der Waals surface area contributed by atoms with E-state index < -0.39 is 0 Å². The molecule has 2 N–H and O–H groups in total. The first kappa shape index (κ1) is 13.9. The molecule has 2 heterocycles. The van der Waals surface area contributed by atoms with Gasteiger partial charge < -0.3 is 14.6 Å². The van der Waals surface area contributed by atoms with Gasteiger partial charge in [-0.05, 0) is 0 Å². The minimum atomic E-state index is -0.374. The zero-order valence-corrected chi connectivity index (χ0v) is 12.3. The fraction of sp³-hybridized carbons (Fsp3) is 0.333. The van der Waals surface area contributed by atoms with Crippen LogP contribution in [-0.4, -0.2) is 30.5 Å². The van der Waals surface area contributed by atoms with Crippen LogP contribution in [0.1, 0.15) is 23.6 Å². The van der Waals surface area contributed by atoms with Gasteiger partial charge >= 0.3 is 0 Å². The molecule has 0 bridgehead atoms. The number of hydrogen-bond donors (Lipinski definition) is 2. The average molecular weight is 298 g/mol. The molecule has 0 aromatic heterocycles. The van der Waals surface area contributed by atoms with Crippen LogP contribution in [0.3, 0.4) is 0 Å². The van der Waals surface area contributed by atoms with Gasteiger partial charge in [0.05, 0.1) is 0 Å². The van der Waals surface area contributed by atoms with Crippen molar-refractivity contribution in [3.05, 3.63) is 71.8 Å². The van der Waals surface area contributed by atoms with Crippen LogP contribution in [0.5, 0.6) is 0 Å². The highest BCUT2D eigenvalue weighted by Gasteiger charge is 2.60. The number of fused-ring (bicyclic) bond motifs is 1. The number of hydrogen-bond acceptors (Lipinski definition) is 3. The Kier molecular flexibility index (Phi) is 3.47. The molecule has 0 radical (unpaired) electrons. The summed E-state index contributed by atoms with van der Waals surface area (Å²) in [7, 11) is 0. The normalized spacial score (nSPS) is 33.8. The SMILES string of the molecule is OCC12CO[C@@H](c3ccccc3)[NH+]1[C@H](c1ccccc1)OC2. The Hall–Kier alpha value is -1.72. The van der Waals surface area contributed by atoms with Crippen molar-refractivity contribution in [3.8, 4) is 0 Å². The molecule has 4 heteroatoms. The summed E-state index contributed by atoms with van der Waals surface area (Å²) in [6, 6.07) is 20.4. The van der Waals surface area contributed by atoms with E-state index >= 15 is 0 Å². The summed E-state index contributed by atoms with van der Waals surface area (Å²) in [5.74, 6) is 0. The molecule has 2 fully saturated rings. The van der Waals surface area contributed by atoms with Crippen LogP contribution in [0.4, 0.5) is 0 Å². The van der Waals surface area contributed by atoms with Crippen molar-refractivity contribution in [2.45, 2.75) is 18.0 Å². The van der Waals surface area contributed by atoms with Crippen LogP contribution in [0.25, 0.3) is 0 Å². The molecule has 2 aliphatic rings. The van der Waals surface area contributed by atoms with Crippen LogP contribution in [0.15, 0.2) is 60.7 Å². The molecule has 2 aromatic rings. The Morgan fingerprint density at radius 2 is 1.32 bits per heavy atom. The lowest BCUT2D eigenvalue weighted by molar-refractivity contribution is -1.00. The molecular formula is C18H20NO3+. The molecule has 0 unspecified atom stereocenters. The van der Waals surface area contributed by atoms with Gasteiger partial charge in [-0.3, -0.25) is 4.90 Å². The maximum Gasteiger partial charge on any atom is 0.221 e. The number of quaternary nitrogens is 1. The Morgan fingerprint density at radius 3 is 1.73 bits per heavy atom. The molecule has 0 spiro atoms. The van der Waals surface area contributed by atoms with E-state index in [1.807, 2.05) is 36.4 Å². The summed E-state index contributed by atoms with van der Waals surface area (Å²) in [5, 5.41) is 9.98. The average Bonchev–Trinajstić information content (AvgIpc) is 3.14. The highest BCUT2D eigenvalue weighted by Crippen LogP contribution is 2.31. The third kappa shape index (κ3) is 2.08. The summed E-state index contributed by atoms with van der Waals surface area (Å²) in [6.07, 6.45) is -0.220. The second-order valence-corrected chi connectivity index (χ2v) is 6.10. The van der Waals surface area contributed by atoms with E-state index in [0.717, 1.165) is 16.0 Å². The van der Waals surface area contributed by atoms with Crippen LogP contribution in [0.2, 0.25) is 0 Å². The van der Waals surface area contributed by atoms with E-state index in [-0.39, 0.29) is 24.6 Å². The first-order valence-electron chi connectivity index (χ1n) is 7.65. The van der Waals surface area contributed by atoms with Crippen molar-refractivity contribution in [2.24, 2.45) is 0 Å². The molecule has 114 valence electrons. The molecule has 0 amide bonds. The second kappa shape index (κ2) is 5.48. The number of rotatable bonds is 3. The van der Waals surface area contributed by atoms with Crippen molar-refractivity contribution in [1.82, 2.24) is 0 Å². The van der Waals surface area contributed by atoms with Crippen LogP contribution < -0.4 is 4.90 Å². The smallest absolute Gasteiger partial charge is 0.221 e. The molecule has 22 heavy (non-hydrogen) atoms. The summed E-state index contributed by atoms with van der Waals surface area (Å²) in [5.41, 5.74) is 1.87.